The molecule has 39 heavy (non-hydrogen) atoms. The zero-order valence-electron chi connectivity index (χ0n) is 22.0. The highest BCUT2D eigenvalue weighted by atomic mass is 32.2. The zero-order valence-corrected chi connectivity index (χ0v) is 23.7. The number of amides is 2. The second kappa shape index (κ2) is 11.8. The molecule has 1 aromatic carbocycles. The van der Waals surface area contributed by atoms with Gasteiger partial charge in [-0.25, -0.2) is 13.2 Å². The number of carbonyl (C=O) groups is 4. The second-order valence-electron chi connectivity index (χ2n) is 9.32. The summed E-state index contributed by atoms with van der Waals surface area (Å²) in [6.07, 6.45) is 1.57. The van der Waals surface area contributed by atoms with E-state index in [0.717, 1.165) is 10.4 Å². The third-order valence-electron chi connectivity index (χ3n) is 6.88. The number of esters is 2. The third-order valence-corrected chi connectivity index (χ3v) is 9.89. The number of ether oxygens (including phenoxy) is 2. The number of rotatable bonds is 7. The number of benzene rings is 1. The Hall–Kier alpha value is -3.29. The van der Waals surface area contributed by atoms with Gasteiger partial charge in [0.1, 0.15) is 5.00 Å². The maximum Gasteiger partial charge on any atom is 0.341 e. The van der Waals surface area contributed by atoms with Gasteiger partial charge in [-0.3, -0.25) is 14.4 Å². The summed E-state index contributed by atoms with van der Waals surface area (Å²) in [6.45, 7) is 4.57. The maximum absolute atomic E-state index is 13.2. The van der Waals surface area contributed by atoms with E-state index in [9.17, 15) is 27.6 Å². The summed E-state index contributed by atoms with van der Waals surface area (Å²) < 4.78 is 37.7. The van der Waals surface area contributed by atoms with Crippen LogP contribution in [0.1, 0.15) is 57.8 Å². The Labute approximate surface area is 231 Å². The molecule has 210 valence electrons. The van der Waals surface area contributed by atoms with Crippen molar-refractivity contribution in [1.29, 1.82) is 0 Å². The molecule has 13 heteroatoms. The summed E-state index contributed by atoms with van der Waals surface area (Å²) >= 11 is 1.21. The van der Waals surface area contributed by atoms with Gasteiger partial charge in [-0.05, 0) is 56.0 Å². The number of piperidine rings is 1. The molecule has 0 aliphatic carbocycles. The van der Waals surface area contributed by atoms with Gasteiger partial charge in [-0.2, -0.15) is 4.31 Å². The number of nitrogens with one attached hydrogen (secondary N) is 1. The summed E-state index contributed by atoms with van der Waals surface area (Å²) in [5.41, 5.74) is 1.22. The summed E-state index contributed by atoms with van der Waals surface area (Å²) in [7, 11) is -2.61. The van der Waals surface area contributed by atoms with E-state index in [0.29, 0.717) is 43.9 Å². The van der Waals surface area contributed by atoms with Crippen molar-refractivity contribution in [3.8, 4) is 0 Å². The van der Waals surface area contributed by atoms with E-state index < -0.39 is 33.8 Å². The molecule has 1 N–H and O–H groups in total. The normalized spacial score (nSPS) is 17.7. The average Bonchev–Trinajstić information content (AvgIpc) is 3.29. The first kappa shape index (κ1) is 28.7. The van der Waals surface area contributed by atoms with Crippen molar-refractivity contribution in [2.75, 3.05) is 38.7 Å². The van der Waals surface area contributed by atoms with Gasteiger partial charge in [-0.15, -0.1) is 11.3 Å². The fraction of sp³-hybridized carbons (Fsp3) is 0.462. The molecule has 4 rings (SSSR count). The molecule has 2 amide bonds. The van der Waals surface area contributed by atoms with Crippen LogP contribution in [0.15, 0.2) is 29.2 Å². The van der Waals surface area contributed by atoms with E-state index in [1.807, 2.05) is 0 Å². The number of fused-ring (bicyclic) bond motifs is 1. The van der Waals surface area contributed by atoms with Crippen molar-refractivity contribution in [3.05, 3.63) is 45.8 Å². The predicted molar refractivity (Wildman–Crippen MR) is 143 cm³/mol. The van der Waals surface area contributed by atoms with E-state index in [4.69, 9.17) is 9.47 Å². The number of carbonyl (C=O) groups excluding carboxylic acids is 4. The van der Waals surface area contributed by atoms with Gasteiger partial charge < -0.3 is 19.7 Å². The van der Waals surface area contributed by atoms with Gasteiger partial charge >= 0.3 is 11.9 Å². The van der Waals surface area contributed by atoms with Crippen molar-refractivity contribution in [2.24, 2.45) is 5.92 Å². The molecule has 1 unspecified atom stereocenters. The lowest BCUT2D eigenvalue weighted by Gasteiger charge is -2.30. The molecule has 1 saturated heterocycles. The molecule has 2 aliphatic heterocycles. The quantitative estimate of drug-likeness (QED) is 0.496. The lowest BCUT2D eigenvalue weighted by Crippen LogP contribution is -2.42. The smallest absolute Gasteiger partial charge is 0.341 e. The minimum Gasteiger partial charge on any atom is -0.466 e. The van der Waals surface area contributed by atoms with E-state index in [1.165, 1.54) is 53.9 Å². The van der Waals surface area contributed by atoms with Crippen LogP contribution >= 0.6 is 11.3 Å². The first-order valence-corrected chi connectivity index (χ1v) is 14.9. The topological polar surface area (TPSA) is 139 Å². The maximum atomic E-state index is 13.2. The first-order valence-electron chi connectivity index (χ1n) is 12.6. The van der Waals surface area contributed by atoms with Crippen LogP contribution in [0.5, 0.6) is 0 Å². The highest BCUT2D eigenvalue weighted by molar-refractivity contribution is 7.89. The average molecular weight is 578 g/mol. The first-order chi connectivity index (χ1) is 18.6. The number of hydrogen-bond acceptors (Lipinski definition) is 9. The van der Waals surface area contributed by atoms with Crippen molar-refractivity contribution in [3.63, 3.8) is 0 Å². The van der Waals surface area contributed by atoms with E-state index >= 15 is 0 Å². The molecule has 0 radical (unpaired) electrons. The zero-order chi connectivity index (χ0) is 28.3. The van der Waals surface area contributed by atoms with Crippen LogP contribution in [0.4, 0.5) is 5.00 Å². The van der Waals surface area contributed by atoms with E-state index in [1.54, 1.807) is 11.8 Å². The van der Waals surface area contributed by atoms with Gasteiger partial charge in [-0.1, -0.05) is 0 Å². The molecule has 2 aliphatic rings. The van der Waals surface area contributed by atoms with Crippen molar-refractivity contribution < 1.29 is 37.1 Å². The van der Waals surface area contributed by atoms with Crippen molar-refractivity contribution in [2.45, 2.75) is 44.6 Å². The molecular formula is C26H31N3O8S2. The van der Waals surface area contributed by atoms with Gasteiger partial charge in [0.25, 0.3) is 5.91 Å². The minimum atomic E-state index is -3.88. The number of sulfonamides is 1. The molecule has 1 fully saturated rings. The van der Waals surface area contributed by atoms with E-state index in [2.05, 4.69) is 5.32 Å². The molecule has 11 nitrogen and oxygen atoms in total. The lowest BCUT2D eigenvalue weighted by molar-refractivity contribution is -0.149. The SMILES string of the molecule is CCOC(=O)C1CCCN(S(=O)(=O)c2ccc(C(=O)Nc3sc4c(c3C(=O)OC)CCN(C(C)=O)C4)cc2)C1. The standard InChI is InChI=1S/C26H31N3O8S2/c1-4-37-25(32)18-6-5-12-29(14-18)39(34,35)19-9-7-17(8-10-19)23(31)27-24-22(26(33)36-3)20-11-13-28(16(2)30)15-21(20)38-24/h7-10,18H,4-6,11-15H2,1-3H3,(H,27,31). The van der Waals surface area contributed by atoms with Gasteiger partial charge in [0.05, 0.1) is 36.6 Å². The number of thiophene rings is 1. The Bertz CT molecular complexity index is 1380. The molecule has 0 bridgehead atoms. The van der Waals surface area contributed by atoms with Crippen LogP contribution in [0.25, 0.3) is 0 Å². The van der Waals surface area contributed by atoms with Crippen LogP contribution in [0.3, 0.4) is 0 Å². The van der Waals surface area contributed by atoms with Crippen LogP contribution in [-0.4, -0.2) is 74.7 Å². The highest BCUT2D eigenvalue weighted by Gasteiger charge is 2.34. The van der Waals surface area contributed by atoms with Gasteiger partial charge in [0, 0.05) is 37.0 Å². The summed E-state index contributed by atoms with van der Waals surface area (Å²) in [5, 5.41) is 3.08. The Morgan fingerprint density at radius 3 is 2.49 bits per heavy atom. The lowest BCUT2D eigenvalue weighted by atomic mass is 10.0. The second-order valence-corrected chi connectivity index (χ2v) is 12.4. The summed E-state index contributed by atoms with van der Waals surface area (Å²) in [6, 6.07) is 5.50. The number of nitrogens with zero attached hydrogens (tertiary/aromatic N) is 2. The number of methoxy groups -OCH3 is 1. The van der Waals surface area contributed by atoms with Crippen LogP contribution < -0.4 is 5.32 Å². The molecule has 0 saturated carbocycles. The molecule has 1 atom stereocenters. The molecule has 0 spiro atoms. The fourth-order valence-electron chi connectivity index (χ4n) is 4.79. The monoisotopic (exact) mass is 577 g/mol. The van der Waals surface area contributed by atoms with Crippen molar-refractivity contribution in [1.82, 2.24) is 9.21 Å². The van der Waals surface area contributed by atoms with E-state index in [-0.39, 0.29) is 35.1 Å². The van der Waals surface area contributed by atoms with Gasteiger partial charge in [0.15, 0.2) is 0 Å². The fourth-order valence-corrected chi connectivity index (χ4v) is 7.56. The van der Waals surface area contributed by atoms with Crippen LogP contribution in [0.2, 0.25) is 0 Å². The molecule has 1 aromatic heterocycles. The Morgan fingerprint density at radius 1 is 1.13 bits per heavy atom. The number of hydrogen-bond donors (Lipinski definition) is 1. The molecule has 2 aromatic rings. The summed E-state index contributed by atoms with van der Waals surface area (Å²) in [4.78, 5) is 52.1. The number of anilines is 1. The Kier molecular flexibility index (Phi) is 8.72. The minimum absolute atomic E-state index is 0.00900. The predicted octanol–water partition coefficient (Wildman–Crippen LogP) is 2.66. The Morgan fingerprint density at radius 2 is 1.85 bits per heavy atom. The van der Waals surface area contributed by atoms with Crippen LogP contribution in [-0.2, 0) is 42.1 Å². The largest absolute Gasteiger partial charge is 0.466 e. The highest BCUT2D eigenvalue weighted by Crippen LogP contribution is 2.38. The van der Waals surface area contributed by atoms with Crippen LogP contribution in [0, 0.1) is 5.92 Å². The molecule has 3 heterocycles. The third kappa shape index (κ3) is 5.99. The van der Waals surface area contributed by atoms with Gasteiger partial charge in [0.2, 0.25) is 15.9 Å². The Balaban J connectivity index is 1.51. The molecular weight excluding hydrogens is 546 g/mol. The van der Waals surface area contributed by atoms with Crippen molar-refractivity contribution >= 4 is 50.1 Å². The summed E-state index contributed by atoms with van der Waals surface area (Å²) in [5.74, 6) is -2.09.